The smallest absolute Gasteiger partial charge is 0.352 e. The van der Waals surface area contributed by atoms with Crippen molar-refractivity contribution >= 4 is 64.6 Å². The van der Waals surface area contributed by atoms with E-state index in [4.69, 9.17) is 10.6 Å². The van der Waals surface area contributed by atoms with Gasteiger partial charge in [-0.2, -0.15) is 22.0 Å². The lowest BCUT2D eigenvalue weighted by atomic mass is 10.0. The number of thioether (sulfide) groups is 1. The lowest BCUT2D eigenvalue weighted by Gasteiger charge is -2.49. The molecule has 0 aliphatic carbocycles. The summed E-state index contributed by atoms with van der Waals surface area (Å²) < 4.78 is 4.65. The fraction of sp³-hybridized carbons (Fsp3) is 0.474. The number of nitrogen functional groups attached to an aromatic ring is 1. The number of fused-ring (bicyclic) bond motifs is 1. The minimum atomic E-state index is -1.20. The largest absolute Gasteiger partial charge is 0.477 e. The third kappa shape index (κ3) is 5.54. The highest BCUT2D eigenvalue weighted by Crippen LogP contribution is 2.40. The van der Waals surface area contributed by atoms with Gasteiger partial charge in [-0.1, -0.05) is 11.2 Å². The summed E-state index contributed by atoms with van der Waals surface area (Å²) >= 11 is 6.52. The molecule has 1 fully saturated rings. The number of rotatable bonds is 10. The zero-order valence-corrected chi connectivity index (χ0v) is 21.3. The van der Waals surface area contributed by atoms with Crippen LogP contribution in [0.5, 0.6) is 0 Å². The molecule has 15 heteroatoms. The second-order valence-electron chi connectivity index (χ2n) is 8.09. The van der Waals surface area contributed by atoms with Crippen molar-refractivity contribution in [1.82, 2.24) is 19.6 Å². The van der Waals surface area contributed by atoms with E-state index in [-0.39, 0.29) is 22.4 Å². The minimum Gasteiger partial charge on any atom is -0.477 e. The number of aliphatic carboxylic acids is 1. The Hall–Kier alpha value is -2.62. The van der Waals surface area contributed by atoms with E-state index in [0.29, 0.717) is 22.4 Å². The van der Waals surface area contributed by atoms with Crippen LogP contribution in [0.15, 0.2) is 28.6 Å². The number of oxime groups is 1. The molecule has 2 aliphatic rings. The SMILES string of the molecule is CO/N=C(\C(=O)N[C@@H]1C(=O)N2C(C(=O)O)=C(/C=C/C[N+](C)(C)CCS)CS[C@H]12)c1nsc(N)n1. The lowest BCUT2D eigenvalue weighted by molar-refractivity contribution is -0.881. The number of anilines is 1. The van der Waals surface area contributed by atoms with Gasteiger partial charge in [-0.15, -0.1) is 11.8 Å². The van der Waals surface area contributed by atoms with Crippen LogP contribution in [-0.4, -0.2) is 105 Å². The van der Waals surface area contributed by atoms with Crippen LogP contribution in [0.2, 0.25) is 0 Å². The Kier molecular flexibility index (Phi) is 8.22. The number of carbonyl (C=O) groups is 3. The Morgan fingerprint density at radius 3 is 2.79 bits per heavy atom. The molecule has 2 amide bonds. The van der Waals surface area contributed by atoms with Crippen molar-refractivity contribution in [2.24, 2.45) is 5.16 Å². The average Bonchev–Trinajstić information content (AvgIpc) is 3.20. The van der Waals surface area contributed by atoms with Crippen molar-refractivity contribution in [3.8, 4) is 0 Å². The van der Waals surface area contributed by atoms with E-state index in [1.165, 1.54) is 23.8 Å². The van der Waals surface area contributed by atoms with E-state index in [2.05, 4.69) is 46.6 Å². The summed E-state index contributed by atoms with van der Waals surface area (Å²) in [5.74, 6) is -1.37. The maximum absolute atomic E-state index is 12.9. The molecule has 1 aromatic heterocycles. The minimum absolute atomic E-state index is 0.0282. The molecule has 0 saturated carbocycles. The maximum Gasteiger partial charge on any atom is 0.352 e. The monoisotopic (exact) mass is 528 g/mol. The summed E-state index contributed by atoms with van der Waals surface area (Å²) in [5, 5.41) is 15.6. The summed E-state index contributed by atoms with van der Waals surface area (Å²) in [6.45, 7) is 1.55. The van der Waals surface area contributed by atoms with Crippen LogP contribution in [0, 0.1) is 0 Å². The molecule has 184 valence electrons. The first-order valence-electron chi connectivity index (χ1n) is 10.1. The van der Waals surface area contributed by atoms with Gasteiger partial charge in [-0.3, -0.25) is 14.5 Å². The predicted molar refractivity (Wildman–Crippen MR) is 132 cm³/mol. The number of carboxylic acid groups (broad SMARTS) is 1. The van der Waals surface area contributed by atoms with Crippen LogP contribution in [0.25, 0.3) is 0 Å². The molecule has 12 nitrogen and oxygen atoms in total. The molecule has 1 saturated heterocycles. The normalized spacial score (nSPS) is 20.9. The first-order chi connectivity index (χ1) is 16.1. The van der Waals surface area contributed by atoms with Crippen LogP contribution in [0.1, 0.15) is 5.82 Å². The van der Waals surface area contributed by atoms with Gasteiger partial charge in [0.05, 0.1) is 27.2 Å². The molecular formula is C19H26N7O5S3+. The fourth-order valence-corrected chi connectivity index (χ4v) is 5.72. The van der Waals surface area contributed by atoms with Gasteiger partial charge in [0.15, 0.2) is 5.13 Å². The van der Waals surface area contributed by atoms with Gasteiger partial charge < -0.3 is 25.5 Å². The standard InChI is InChI=1S/C19H25N7O5S3/c1-26(2,7-8-32)6-4-5-10-9-33-17-12(16(28)25(17)13(10)18(29)30)21-15(27)11(23-31-3)14-22-19(20)34-24-14/h4-5,12,17H,6-9H2,1-3H3,(H4-,20,21,22,24,27,29,30,32)/p+1/b5-4+,23-11-/t12-,17-/m1/s1. The predicted octanol–water partition coefficient (Wildman–Crippen LogP) is -0.228. The number of aromatic nitrogens is 2. The first-order valence-corrected chi connectivity index (χ1v) is 12.6. The maximum atomic E-state index is 12.9. The molecule has 2 aliphatic heterocycles. The summed E-state index contributed by atoms with van der Waals surface area (Å²) in [6.07, 6.45) is 3.66. The summed E-state index contributed by atoms with van der Waals surface area (Å²) in [4.78, 5) is 47.5. The van der Waals surface area contributed by atoms with E-state index in [0.717, 1.165) is 23.8 Å². The zero-order valence-electron chi connectivity index (χ0n) is 18.8. The average molecular weight is 529 g/mol. The van der Waals surface area contributed by atoms with Crippen molar-refractivity contribution in [2.45, 2.75) is 11.4 Å². The molecular weight excluding hydrogens is 502 g/mol. The number of thiol groups is 1. The van der Waals surface area contributed by atoms with Crippen molar-refractivity contribution in [3.05, 3.63) is 29.2 Å². The summed E-state index contributed by atoms with van der Waals surface area (Å²) in [6, 6.07) is -0.929. The second kappa shape index (κ2) is 10.8. The highest BCUT2D eigenvalue weighted by molar-refractivity contribution is 8.00. The number of nitrogens with one attached hydrogen (secondary N) is 1. The molecule has 3 rings (SSSR count). The zero-order chi connectivity index (χ0) is 25.0. The molecule has 0 aromatic carbocycles. The number of nitrogens with two attached hydrogens (primary N) is 1. The number of hydrogen-bond acceptors (Lipinski definition) is 11. The molecule has 0 radical (unpaired) electrons. The van der Waals surface area contributed by atoms with E-state index >= 15 is 0 Å². The first kappa shape index (κ1) is 26.0. The highest BCUT2D eigenvalue weighted by Gasteiger charge is 2.54. The van der Waals surface area contributed by atoms with Crippen molar-refractivity contribution in [1.29, 1.82) is 0 Å². The Morgan fingerprint density at radius 2 is 2.21 bits per heavy atom. The second-order valence-corrected chi connectivity index (χ2v) is 10.4. The number of quaternary nitrogens is 1. The third-order valence-corrected chi connectivity index (χ3v) is 7.21. The molecule has 3 heterocycles. The Bertz CT molecular complexity index is 1070. The molecule has 1 aromatic rings. The van der Waals surface area contributed by atoms with Crippen LogP contribution in [0.4, 0.5) is 5.13 Å². The molecule has 0 bridgehead atoms. The van der Waals surface area contributed by atoms with Gasteiger partial charge >= 0.3 is 5.97 Å². The van der Waals surface area contributed by atoms with E-state index in [1.54, 1.807) is 6.08 Å². The number of likely N-dealkylation sites (N-methyl/N-ethyl adjacent to an activating group) is 1. The number of carbonyl (C=O) groups excluding carboxylic acids is 2. The van der Waals surface area contributed by atoms with Gasteiger partial charge in [0.1, 0.15) is 24.2 Å². The number of allylic oxidation sites excluding steroid dienone is 1. The summed E-state index contributed by atoms with van der Waals surface area (Å²) in [5.41, 5.74) is 5.81. The number of hydrogen-bond donors (Lipinski definition) is 4. The lowest BCUT2D eigenvalue weighted by Crippen LogP contribution is -2.71. The number of β-lactam (4-membered cyclic amide) rings is 1. The Balaban J connectivity index is 1.75. The van der Waals surface area contributed by atoms with Crippen molar-refractivity contribution in [2.75, 3.05) is 51.5 Å². The van der Waals surface area contributed by atoms with E-state index < -0.39 is 29.2 Å². The van der Waals surface area contributed by atoms with Gasteiger partial charge in [0.25, 0.3) is 11.8 Å². The van der Waals surface area contributed by atoms with Crippen LogP contribution < -0.4 is 11.1 Å². The quantitative estimate of drug-likeness (QED) is 0.106. The van der Waals surface area contributed by atoms with Gasteiger partial charge in [0, 0.05) is 23.0 Å². The fourth-order valence-electron chi connectivity index (χ4n) is 3.43. The van der Waals surface area contributed by atoms with Crippen molar-refractivity contribution < 1.29 is 28.8 Å². The third-order valence-electron chi connectivity index (χ3n) is 5.16. The van der Waals surface area contributed by atoms with Gasteiger partial charge in [0.2, 0.25) is 11.5 Å². The Morgan fingerprint density at radius 1 is 1.47 bits per heavy atom. The molecule has 4 N–H and O–H groups in total. The molecule has 2 atom stereocenters. The Labute approximate surface area is 210 Å². The highest BCUT2D eigenvalue weighted by atomic mass is 32.2. The van der Waals surface area contributed by atoms with Crippen molar-refractivity contribution in [3.63, 3.8) is 0 Å². The topological polar surface area (TPSA) is 160 Å². The van der Waals surface area contributed by atoms with Gasteiger partial charge in [-0.05, 0) is 11.6 Å². The number of carboxylic acids is 1. The van der Waals surface area contributed by atoms with Crippen LogP contribution >= 0.6 is 35.9 Å². The van der Waals surface area contributed by atoms with E-state index in [1.807, 2.05) is 6.08 Å². The van der Waals surface area contributed by atoms with Crippen LogP contribution in [0.3, 0.4) is 0 Å². The molecule has 0 unspecified atom stereocenters. The van der Waals surface area contributed by atoms with Gasteiger partial charge in [-0.25, -0.2) is 4.79 Å². The number of nitrogens with zero attached hydrogens (tertiary/aromatic N) is 5. The number of amides is 2. The van der Waals surface area contributed by atoms with Crippen LogP contribution in [-0.2, 0) is 19.2 Å². The summed E-state index contributed by atoms with van der Waals surface area (Å²) in [7, 11) is 5.37. The molecule has 0 spiro atoms. The molecule has 34 heavy (non-hydrogen) atoms. The van der Waals surface area contributed by atoms with E-state index in [9.17, 15) is 19.5 Å².